The minimum Gasteiger partial charge on any atom is -0.444 e. The van der Waals surface area contributed by atoms with Crippen LogP contribution in [0.1, 0.15) is 27.2 Å². The molecule has 2 heterocycles. The zero-order chi connectivity index (χ0) is 15.8. The molecule has 2 aliphatic rings. The number of aliphatic hydroxyl groups excluding tert-OH is 2. The second kappa shape index (κ2) is 5.69. The maximum atomic E-state index is 12.2. The number of carbonyl (C=O) groups is 2. The van der Waals surface area contributed by atoms with Crippen LogP contribution in [0.4, 0.5) is 9.59 Å². The van der Waals surface area contributed by atoms with E-state index < -0.39 is 48.7 Å². The predicted octanol–water partition coefficient (Wildman–Crippen LogP) is -0.174. The van der Waals surface area contributed by atoms with E-state index in [0.29, 0.717) is 13.0 Å². The Balaban J connectivity index is 2.17. The van der Waals surface area contributed by atoms with E-state index in [1.165, 1.54) is 4.90 Å². The Hall–Kier alpha value is -1.54. The van der Waals surface area contributed by atoms with Gasteiger partial charge in [-0.1, -0.05) is 0 Å². The fourth-order valence-electron chi connectivity index (χ4n) is 2.70. The molecule has 0 aromatic carbocycles. The monoisotopic (exact) mass is 302 g/mol. The van der Waals surface area contributed by atoms with Crippen LogP contribution in [-0.4, -0.2) is 70.3 Å². The summed E-state index contributed by atoms with van der Waals surface area (Å²) < 4.78 is 10.5. The molecule has 21 heavy (non-hydrogen) atoms. The van der Waals surface area contributed by atoms with Crippen molar-refractivity contribution in [2.45, 2.75) is 57.1 Å². The largest absolute Gasteiger partial charge is 0.444 e. The van der Waals surface area contributed by atoms with Crippen LogP contribution in [0.3, 0.4) is 0 Å². The number of hydrogen-bond donors (Lipinski definition) is 3. The molecule has 4 atom stereocenters. The zero-order valence-corrected chi connectivity index (χ0v) is 12.4. The maximum absolute atomic E-state index is 12.2. The van der Waals surface area contributed by atoms with E-state index in [9.17, 15) is 14.7 Å². The van der Waals surface area contributed by atoms with Crippen LogP contribution in [0.15, 0.2) is 0 Å². The van der Waals surface area contributed by atoms with E-state index >= 15 is 0 Å². The Bertz CT molecular complexity index is 421. The molecule has 2 amide bonds. The first kappa shape index (κ1) is 15.8. The summed E-state index contributed by atoms with van der Waals surface area (Å²) in [5, 5.41) is 21.5. The van der Waals surface area contributed by atoms with Gasteiger partial charge in [-0.05, 0) is 20.8 Å². The third-order valence-corrected chi connectivity index (χ3v) is 3.54. The van der Waals surface area contributed by atoms with Gasteiger partial charge < -0.3 is 25.0 Å². The molecule has 0 unspecified atom stereocenters. The molecule has 0 aliphatic carbocycles. The highest BCUT2D eigenvalue weighted by atomic mass is 16.6. The summed E-state index contributed by atoms with van der Waals surface area (Å²) in [7, 11) is 0. The van der Waals surface area contributed by atoms with Crippen LogP contribution in [0, 0.1) is 0 Å². The topological polar surface area (TPSA) is 108 Å². The predicted molar refractivity (Wildman–Crippen MR) is 71.6 cm³/mol. The van der Waals surface area contributed by atoms with Crippen molar-refractivity contribution in [3.63, 3.8) is 0 Å². The summed E-state index contributed by atoms with van der Waals surface area (Å²) in [6, 6.07) is -1.34. The Morgan fingerprint density at radius 1 is 1.57 bits per heavy atom. The Morgan fingerprint density at radius 2 is 2.24 bits per heavy atom. The molecule has 0 saturated carbocycles. The number of ether oxygens (including phenoxy) is 2. The van der Waals surface area contributed by atoms with Crippen LogP contribution >= 0.6 is 0 Å². The van der Waals surface area contributed by atoms with E-state index in [2.05, 4.69) is 5.32 Å². The highest BCUT2D eigenvalue weighted by molar-refractivity contribution is 5.72. The lowest BCUT2D eigenvalue weighted by Crippen LogP contribution is -2.64. The quantitative estimate of drug-likeness (QED) is 0.653. The average Bonchev–Trinajstić information content (AvgIpc) is 2.78. The third-order valence-electron chi connectivity index (χ3n) is 3.54. The lowest BCUT2D eigenvalue weighted by atomic mass is 9.97. The average molecular weight is 302 g/mol. The van der Waals surface area contributed by atoms with Gasteiger partial charge in [-0.25, -0.2) is 9.59 Å². The van der Waals surface area contributed by atoms with E-state index in [1.54, 1.807) is 20.8 Å². The van der Waals surface area contributed by atoms with Crippen LogP contribution in [0.2, 0.25) is 0 Å². The first-order chi connectivity index (χ1) is 9.73. The molecule has 0 bridgehead atoms. The van der Waals surface area contributed by atoms with Gasteiger partial charge in [0, 0.05) is 13.0 Å². The number of amides is 2. The molecule has 2 aliphatic heterocycles. The minimum atomic E-state index is -1.17. The summed E-state index contributed by atoms with van der Waals surface area (Å²) >= 11 is 0. The minimum absolute atomic E-state index is 0.369. The van der Waals surface area contributed by atoms with Gasteiger partial charge in [0.1, 0.15) is 11.7 Å². The van der Waals surface area contributed by atoms with Crippen molar-refractivity contribution in [2.24, 2.45) is 0 Å². The molecule has 0 radical (unpaired) electrons. The lowest BCUT2D eigenvalue weighted by Gasteiger charge is -2.40. The first-order valence-corrected chi connectivity index (χ1v) is 6.98. The highest BCUT2D eigenvalue weighted by Gasteiger charge is 2.50. The molecular formula is C13H22N2O6. The third kappa shape index (κ3) is 3.38. The van der Waals surface area contributed by atoms with Crippen LogP contribution in [0.25, 0.3) is 0 Å². The van der Waals surface area contributed by atoms with Gasteiger partial charge in [-0.2, -0.15) is 0 Å². The molecule has 8 nitrogen and oxygen atoms in total. The molecular weight excluding hydrogens is 280 g/mol. The number of alkyl carbamates (subject to hydrolysis) is 1. The van der Waals surface area contributed by atoms with Crippen LogP contribution < -0.4 is 5.32 Å². The number of rotatable bonds is 2. The van der Waals surface area contributed by atoms with Crippen molar-refractivity contribution in [3.8, 4) is 0 Å². The van der Waals surface area contributed by atoms with Gasteiger partial charge in [-0.3, -0.25) is 4.90 Å². The summed E-state index contributed by atoms with van der Waals surface area (Å²) in [6.45, 7) is 5.14. The van der Waals surface area contributed by atoms with Crippen molar-refractivity contribution in [1.29, 1.82) is 0 Å². The number of aliphatic hydroxyl groups is 2. The fraction of sp³-hybridized carbons (Fsp3) is 0.846. The van der Waals surface area contributed by atoms with E-state index in [-0.39, 0.29) is 0 Å². The molecule has 2 rings (SSSR count). The number of fused-ring (bicyclic) bond motifs is 1. The number of carbonyl (C=O) groups excluding carboxylic acids is 2. The standard InChI is InChI=1S/C13H22N2O6/c1-13(2,3)21-12(19)15-5-4-8-10(15)9(7(17)6-16)14-11(18)20-8/h7-10,16-17H,4-6H2,1-3H3,(H,14,18)/t7-,8-,9-,10+/m0/s1. The Labute approximate surface area is 123 Å². The van der Waals surface area contributed by atoms with Crippen LogP contribution in [-0.2, 0) is 9.47 Å². The normalized spacial score (nSPS) is 30.2. The summed E-state index contributed by atoms with van der Waals surface area (Å²) in [5.41, 5.74) is -0.640. The van der Waals surface area contributed by atoms with Crippen molar-refractivity contribution in [1.82, 2.24) is 10.2 Å². The highest BCUT2D eigenvalue weighted by Crippen LogP contribution is 2.29. The van der Waals surface area contributed by atoms with Crippen LogP contribution in [0.5, 0.6) is 0 Å². The molecule has 2 fully saturated rings. The van der Waals surface area contributed by atoms with Gasteiger partial charge in [-0.15, -0.1) is 0 Å². The van der Waals surface area contributed by atoms with Gasteiger partial charge in [0.2, 0.25) is 0 Å². The van der Waals surface area contributed by atoms with Crippen molar-refractivity contribution in [2.75, 3.05) is 13.2 Å². The maximum Gasteiger partial charge on any atom is 0.410 e. The molecule has 120 valence electrons. The SMILES string of the molecule is CC(C)(C)OC(=O)N1CC[C@@H]2OC(=O)N[C@@H]([C@@H](O)CO)[C@@H]21. The number of nitrogens with one attached hydrogen (secondary N) is 1. The van der Waals surface area contributed by atoms with Crippen molar-refractivity contribution >= 4 is 12.2 Å². The molecule has 0 spiro atoms. The number of nitrogens with zero attached hydrogens (tertiary/aromatic N) is 1. The van der Waals surface area contributed by atoms with E-state index in [0.717, 1.165) is 0 Å². The van der Waals surface area contributed by atoms with Gasteiger partial charge in [0.05, 0.1) is 24.8 Å². The summed E-state index contributed by atoms with van der Waals surface area (Å²) in [6.07, 6.45) is -2.37. The van der Waals surface area contributed by atoms with Gasteiger partial charge >= 0.3 is 12.2 Å². The molecule has 2 saturated heterocycles. The summed E-state index contributed by atoms with van der Waals surface area (Å²) in [5.74, 6) is 0. The lowest BCUT2D eigenvalue weighted by molar-refractivity contribution is -0.0359. The van der Waals surface area contributed by atoms with Crippen molar-refractivity contribution in [3.05, 3.63) is 0 Å². The smallest absolute Gasteiger partial charge is 0.410 e. The molecule has 8 heteroatoms. The first-order valence-electron chi connectivity index (χ1n) is 6.98. The summed E-state index contributed by atoms with van der Waals surface area (Å²) in [4.78, 5) is 25.2. The van der Waals surface area contributed by atoms with E-state index in [1.807, 2.05) is 0 Å². The Morgan fingerprint density at radius 3 is 2.81 bits per heavy atom. The zero-order valence-electron chi connectivity index (χ0n) is 12.4. The molecule has 3 N–H and O–H groups in total. The van der Waals surface area contributed by atoms with Crippen molar-refractivity contribution < 1.29 is 29.3 Å². The number of likely N-dealkylation sites (tertiary alicyclic amines) is 1. The van der Waals surface area contributed by atoms with E-state index in [4.69, 9.17) is 14.6 Å². The van der Waals surface area contributed by atoms with Gasteiger partial charge in [0.25, 0.3) is 0 Å². The second-order valence-corrected chi connectivity index (χ2v) is 6.32. The molecule has 0 aromatic rings. The number of hydrogen-bond acceptors (Lipinski definition) is 6. The second-order valence-electron chi connectivity index (χ2n) is 6.32. The Kier molecular flexibility index (Phi) is 4.29. The fourth-order valence-corrected chi connectivity index (χ4v) is 2.70. The van der Waals surface area contributed by atoms with Gasteiger partial charge in [0.15, 0.2) is 0 Å². The molecule has 0 aromatic heterocycles.